The third kappa shape index (κ3) is 4.83. The highest BCUT2D eigenvalue weighted by Gasteiger charge is 2.46. The highest BCUT2D eigenvalue weighted by Crippen LogP contribution is 2.46. The molecule has 52 heavy (non-hydrogen) atoms. The number of nitrogens with one attached hydrogen (secondary N) is 1. The SMILES string of the molecule is C=CC(=O)N1CC2C(=O)N(C)c3c(c4cc(F)c(-c5c(C)ccc6[nH]c(=O)n(C)c56)c(F)c4n(-c4c(C(C)C)ncnc4C(C)C)c3=O)N2CC1C. The van der Waals surface area contributed by atoms with Crippen LogP contribution in [0.3, 0.4) is 0 Å². The van der Waals surface area contributed by atoms with Crippen molar-refractivity contribution in [3.63, 3.8) is 0 Å². The first-order valence-corrected chi connectivity index (χ1v) is 17.2. The number of amides is 2. The number of halogens is 2. The number of H-pyrrole nitrogens is 1. The van der Waals surface area contributed by atoms with Crippen LogP contribution in [-0.2, 0) is 16.6 Å². The summed E-state index contributed by atoms with van der Waals surface area (Å²) in [7, 11) is 2.98. The minimum atomic E-state index is -1.03. The largest absolute Gasteiger partial charge is 0.354 e. The number of nitrogens with zero attached hydrogens (tertiary/aromatic N) is 7. The van der Waals surface area contributed by atoms with E-state index in [2.05, 4.69) is 21.5 Å². The molecule has 2 atom stereocenters. The van der Waals surface area contributed by atoms with Gasteiger partial charge in [0.05, 0.1) is 51.4 Å². The van der Waals surface area contributed by atoms with Gasteiger partial charge in [0.2, 0.25) is 5.91 Å². The van der Waals surface area contributed by atoms with Crippen molar-refractivity contribution in [2.45, 2.75) is 65.5 Å². The molecule has 7 rings (SSSR count). The lowest BCUT2D eigenvalue weighted by molar-refractivity contribution is -0.130. The second-order valence-electron chi connectivity index (χ2n) is 14.3. The van der Waals surface area contributed by atoms with Gasteiger partial charge in [-0.1, -0.05) is 40.3 Å². The van der Waals surface area contributed by atoms with E-state index in [9.17, 15) is 14.4 Å². The van der Waals surface area contributed by atoms with Crippen LogP contribution in [0.5, 0.6) is 0 Å². The second kappa shape index (κ2) is 12.2. The van der Waals surface area contributed by atoms with Crippen LogP contribution in [0.15, 0.2) is 46.8 Å². The van der Waals surface area contributed by atoms with Crippen molar-refractivity contribution >= 4 is 45.1 Å². The van der Waals surface area contributed by atoms with E-state index in [0.717, 1.165) is 0 Å². The summed E-state index contributed by atoms with van der Waals surface area (Å²) in [6, 6.07) is 3.17. The number of carbonyl (C=O) groups excluding carboxylic acids is 2. The number of benzene rings is 2. The summed E-state index contributed by atoms with van der Waals surface area (Å²) in [5, 5.41) is 0.0504. The van der Waals surface area contributed by atoms with E-state index in [1.54, 1.807) is 30.9 Å². The Morgan fingerprint density at radius 2 is 1.62 bits per heavy atom. The van der Waals surface area contributed by atoms with E-state index in [-0.39, 0.29) is 64.4 Å². The minimum Gasteiger partial charge on any atom is -0.354 e. The zero-order valence-corrected chi connectivity index (χ0v) is 30.3. The highest BCUT2D eigenvalue weighted by atomic mass is 19.1. The maximum atomic E-state index is 18.0. The van der Waals surface area contributed by atoms with Gasteiger partial charge in [0, 0.05) is 37.6 Å². The van der Waals surface area contributed by atoms with Crippen LogP contribution in [0.4, 0.5) is 20.2 Å². The Morgan fingerprint density at radius 3 is 2.23 bits per heavy atom. The molecule has 3 aromatic heterocycles. The lowest BCUT2D eigenvalue weighted by Crippen LogP contribution is -2.66. The Bertz CT molecular complexity index is 2470. The van der Waals surface area contributed by atoms with Gasteiger partial charge >= 0.3 is 5.69 Å². The summed E-state index contributed by atoms with van der Waals surface area (Å²) >= 11 is 0. The number of aromatic amines is 1. The molecule has 12 nitrogen and oxygen atoms in total. The number of rotatable bonds is 5. The molecule has 0 radical (unpaired) electrons. The molecule has 2 aromatic carbocycles. The van der Waals surface area contributed by atoms with Gasteiger partial charge in [-0.25, -0.2) is 23.5 Å². The van der Waals surface area contributed by atoms with E-state index in [1.165, 1.54) is 51.5 Å². The molecule has 270 valence electrons. The smallest absolute Gasteiger partial charge is 0.326 e. The lowest BCUT2D eigenvalue weighted by atomic mass is 9.93. The maximum absolute atomic E-state index is 18.0. The van der Waals surface area contributed by atoms with Crippen LogP contribution in [0.1, 0.15) is 63.4 Å². The highest BCUT2D eigenvalue weighted by molar-refractivity contribution is 6.13. The van der Waals surface area contributed by atoms with Crippen molar-refractivity contribution < 1.29 is 18.4 Å². The van der Waals surface area contributed by atoms with Crippen molar-refractivity contribution in [2.24, 2.45) is 7.05 Å². The van der Waals surface area contributed by atoms with Crippen molar-refractivity contribution in [3.8, 4) is 16.8 Å². The monoisotopic (exact) mass is 710 g/mol. The van der Waals surface area contributed by atoms with Crippen molar-refractivity contribution in [3.05, 3.63) is 86.6 Å². The van der Waals surface area contributed by atoms with Crippen LogP contribution in [-0.4, -0.2) is 73.0 Å². The zero-order chi connectivity index (χ0) is 37.7. The van der Waals surface area contributed by atoms with Crippen LogP contribution >= 0.6 is 0 Å². The Hall–Kier alpha value is -5.66. The number of anilines is 2. The summed E-state index contributed by atoms with van der Waals surface area (Å²) in [6.07, 6.45) is 2.59. The van der Waals surface area contributed by atoms with E-state index in [1.807, 2.05) is 27.7 Å². The van der Waals surface area contributed by atoms with Gasteiger partial charge in [-0.3, -0.25) is 23.5 Å². The number of aromatic nitrogens is 5. The fourth-order valence-electron chi connectivity index (χ4n) is 7.91. The molecule has 14 heteroatoms. The Kier molecular flexibility index (Phi) is 8.18. The van der Waals surface area contributed by atoms with Gasteiger partial charge in [0.15, 0.2) is 5.82 Å². The van der Waals surface area contributed by atoms with Gasteiger partial charge < -0.3 is 19.7 Å². The van der Waals surface area contributed by atoms with Crippen LogP contribution < -0.4 is 21.0 Å². The quantitative estimate of drug-likeness (QED) is 0.254. The van der Waals surface area contributed by atoms with Crippen molar-refractivity contribution in [1.82, 2.24) is 29.0 Å². The predicted molar refractivity (Wildman–Crippen MR) is 196 cm³/mol. The lowest BCUT2D eigenvalue weighted by Gasteiger charge is -2.50. The molecular weight excluding hydrogens is 670 g/mol. The molecule has 0 bridgehead atoms. The first-order chi connectivity index (χ1) is 24.6. The molecule has 1 N–H and O–H groups in total. The van der Waals surface area contributed by atoms with Gasteiger partial charge in [0.1, 0.15) is 23.9 Å². The fraction of sp³-hybridized carbons (Fsp3) is 0.368. The average molecular weight is 711 g/mol. The first kappa shape index (κ1) is 34.8. The topological polar surface area (TPSA) is 129 Å². The second-order valence-corrected chi connectivity index (χ2v) is 14.3. The normalized spacial score (nSPS) is 17.5. The summed E-state index contributed by atoms with van der Waals surface area (Å²) in [5.74, 6) is -3.26. The fourth-order valence-corrected chi connectivity index (χ4v) is 7.91. The number of fused-ring (bicyclic) bond motifs is 6. The number of piperazine rings is 1. The van der Waals surface area contributed by atoms with Crippen LogP contribution in [0.2, 0.25) is 0 Å². The molecule has 2 unspecified atom stereocenters. The number of pyridine rings is 1. The number of aryl methyl sites for hydroxylation is 2. The standard InChI is InChI=1S/C38H40F2N8O4/c1-10-25(49)46-15-24-36(50)44(8)35-32(47(24)14-20(46)7)21-13-22(39)27(26-19(6)11-12-23-33(26)45(9)38(52)43-23)28(40)31(21)48(37(35)51)34-29(17(2)3)41-16-42-30(34)18(4)5/h10-13,16-18,20,24H,1,14-15H2,2-9H3,(H,43,52). The molecule has 2 aliphatic heterocycles. The van der Waals surface area contributed by atoms with E-state index < -0.39 is 46.4 Å². The molecule has 1 fully saturated rings. The Balaban J connectivity index is 1.69. The summed E-state index contributed by atoms with van der Waals surface area (Å²) in [4.78, 5) is 71.2. The minimum absolute atomic E-state index is 0.0213. The number of carbonyl (C=O) groups is 2. The molecule has 2 amide bonds. The third-order valence-corrected chi connectivity index (χ3v) is 10.5. The molecule has 5 aromatic rings. The number of hydrogen-bond acceptors (Lipinski definition) is 7. The Labute approximate surface area is 298 Å². The summed E-state index contributed by atoms with van der Waals surface area (Å²) in [5.41, 5.74) is 0.828. The molecule has 5 heterocycles. The van der Waals surface area contributed by atoms with Crippen molar-refractivity contribution in [1.29, 1.82) is 0 Å². The van der Waals surface area contributed by atoms with Crippen molar-refractivity contribution in [2.75, 3.05) is 29.9 Å². The first-order valence-electron chi connectivity index (χ1n) is 17.2. The molecule has 1 saturated heterocycles. The van der Waals surface area contributed by atoms with Gasteiger partial charge in [-0.15, -0.1) is 0 Å². The summed E-state index contributed by atoms with van der Waals surface area (Å²) < 4.78 is 37.5. The van der Waals surface area contributed by atoms with E-state index >= 15 is 13.6 Å². The van der Waals surface area contributed by atoms with Gasteiger partial charge in [0.25, 0.3) is 11.5 Å². The van der Waals surface area contributed by atoms with Crippen LogP contribution in [0, 0.1) is 18.6 Å². The zero-order valence-electron chi connectivity index (χ0n) is 30.3. The number of imidazole rings is 1. The molecule has 0 spiro atoms. The number of hydrogen-bond donors (Lipinski definition) is 1. The molecule has 0 aliphatic carbocycles. The molecule has 2 aliphatic rings. The number of likely N-dealkylation sites (N-methyl/N-ethyl adjacent to an activating group) is 1. The maximum Gasteiger partial charge on any atom is 0.326 e. The summed E-state index contributed by atoms with van der Waals surface area (Å²) in [6.45, 7) is 14.8. The molecule has 0 saturated carbocycles. The average Bonchev–Trinajstić information content (AvgIpc) is 3.39. The van der Waals surface area contributed by atoms with E-state index in [4.69, 9.17) is 0 Å². The van der Waals surface area contributed by atoms with E-state index in [0.29, 0.717) is 28.0 Å². The van der Waals surface area contributed by atoms with Gasteiger partial charge in [-0.2, -0.15) is 0 Å². The van der Waals surface area contributed by atoms with Crippen LogP contribution in [0.25, 0.3) is 38.8 Å². The molecular formula is C38H40F2N8O4. The Morgan fingerprint density at radius 1 is 0.962 bits per heavy atom. The third-order valence-electron chi connectivity index (χ3n) is 10.5. The van der Waals surface area contributed by atoms with Gasteiger partial charge in [-0.05, 0) is 49.5 Å². The predicted octanol–water partition coefficient (Wildman–Crippen LogP) is 5.03.